The molecule has 24 heavy (non-hydrogen) atoms. The van der Waals surface area contributed by atoms with E-state index in [1.54, 1.807) is 12.1 Å². The van der Waals surface area contributed by atoms with Crippen molar-refractivity contribution in [1.82, 2.24) is 5.32 Å². The quantitative estimate of drug-likeness (QED) is 0.552. The molecule has 3 rings (SSSR count). The van der Waals surface area contributed by atoms with Crippen LogP contribution in [0.2, 0.25) is 5.02 Å². The number of hydrogen-bond donors (Lipinski definition) is 1. The molecule has 0 amide bonds. The highest BCUT2D eigenvalue weighted by atomic mass is 35.5. The summed E-state index contributed by atoms with van der Waals surface area (Å²) in [7, 11) is 0. The summed E-state index contributed by atoms with van der Waals surface area (Å²) in [6, 6.07) is 15.5. The van der Waals surface area contributed by atoms with E-state index in [1.165, 1.54) is 22.6 Å². The summed E-state index contributed by atoms with van der Waals surface area (Å²) in [5.41, 5.74) is 4.55. The van der Waals surface area contributed by atoms with Crippen LogP contribution in [0.4, 0.5) is 4.39 Å². The van der Waals surface area contributed by atoms with Crippen LogP contribution in [0.15, 0.2) is 48.5 Å². The number of rotatable bonds is 5. The lowest BCUT2D eigenvalue weighted by molar-refractivity contribution is 0.628. The van der Waals surface area contributed by atoms with Crippen molar-refractivity contribution in [1.29, 1.82) is 0 Å². The summed E-state index contributed by atoms with van der Waals surface area (Å²) >= 11 is 6.02. The fourth-order valence-electron chi connectivity index (χ4n) is 3.12. The van der Waals surface area contributed by atoms with Crippen molar-refractivity contribution in [2.75, 3.05) is 6.54 Å². The van der Waals surface area contributed by atoms with Crippen LogP contribution in [0.3, 0.4) is 0 Å². The molecule has 0 aromatic heterocycles. The van der Waals surface area contributed by atoms with Crippen LogP contribution in [0.25, 0.3) is 21.9 Å². The molecule has 0 unspecified atom stereocenters. The van der Waals surface area contributed by atoms with Gasteiger partial charge in [-0.3, -0.25) is 0 Å². The zero-order valence-corrected chi connectivity index (χ0v) is 14.8. The van der Waals surface area contributed by atoms with Gasteiger partial charge in [0.1, 0.15) is 5.82 Å². The van der Waals surface area contributed by atoms with E-state index < -0.39 is 0 Å². The van der Waals surface area contributed by atoms with E-state index in [-0.39, 0.29) is 10.8 Å². The first-order chi connectivity index (χ1) is 11.6. The van der Waals surface area contributed by atoms with Gasteiger partial charge in [0.2, 0.25) is 0 Å². The molecule has 124 valence electrons. The van der Waals surface area contributed by atoms with E-state index in [0.717, 1.165) is 36.0 Å². The minimum atomic E-state index is -0.386. The first kappa shape index (κ1) is 16.9. The Kier molecular flexibility index (Phi) is 5.17. The fraction of sp³-hybridized carbons (Fsp3) is 0.238. The van der Waals surface area contributed by atoms with Crippen LogP contribution in [-0.4, -0.2) is 6.54 Å². The van der Waals surface area contributed by atoms with Crippen molar-refractivity contribution < 1.29 is 4.39 Å². The second-order valence-electron chi connectivity index (χ2n) is 6.06. The Bertz CT molecular complexity index is 873. The second kappa shape index (κ2) is 7.33. The number of fused-ring (bicyclic) bond motifs is 1. The smallest absolute Gasteiger partial charge is 0.141 e. The predicted octanol–water partition coefficient (Wildman–Crippen LogP) is 6.11. The normalized spacial score (nSPS) is 11.2. The van der Waals surface area contributed by atoms with Gasteiger partial charge < -0.3 is 5.32 Å². The summed E-state index contributed by atoms with van der Waals surface area (Å²) in [4.78, 5) is 0. The molecule has 1 nitrogen and oxygen atoms in total. The summed E-state index contributed by atoms with van der Waals surface area (Å²) in [6.07, 6.45) is 1.10. The monoisotopic (exact) mass is 341 g/mol. The number of benzene rings is 3. The molecule has 0 saturated carbocycles. The lowest BCUT2D eigenvalue weighted by Gasteiger charge is -2.16. The van der Waals surface area contributed by atoms with Crippen molar-refractivity contribution >= 4 is 22.4 Å². The Morgan fingerprint density at radius 3 is 2.62 bits per heavy atom. The van der Waals surface area contributed by atoms with Crippen LogP contribution < -0.4 is 5.32 Å². The van der Waals surface area contributed by atoms with Gasteiger partial charge in [-0.1, -0.05) is 48.9 Å². The van der Waals surface area contributed by atoms with E-state index in [1.807, 2.05) is 12.1 Å². The molecule has 3 aromatic rings. The standard InChI is InChI=1S/C21H21ClFN/c1-3-10-24-13-17-11-15-6-4-5-7-18(15)21(14(17)2)16-8-9-20(23)19(22)12-16/h4-9,11-12,24H,3,10,13H2,1-2H3. The van der Waals surface area contributed by atoms with Crippen LogP contribution in [0.5, 0.6) is 0 Å². The van der Waals surface area contributed by atoms with Crippen LogP contribution in [0.1, 0.15) is 24.5 Å². The summed E-state index contributed by atoms with van der Waals surface area (Å²) in [5.74, 6) is -0.386. The lowest BCUT2D eigenvalue weighted by Crippen LogP contribution is -2.15. The van der Waals surface area contributed by atoms with Gasteiger partial charge in [0, 0.05) is 6.54 Å². The van der Waals surface area contributed by atoms with Gasteiger partial charge in [-0.25, -0.2) is 4.39 Å². The molecule has 3 aromatic carbocycles. The molecule has 0 bridgehead atoms. The minimum Gasteiger partial charge on any atom is -0.313 e. The Balaban J connectivity index is 2.19. The molecule has 0 aliphatic carbocycles. The third-order valence-electron chi connectivity index (χ3n) is 4.37. The Morgan fingerprint density at radius 2 is 1.88 bits per heavy atom. The Labute approximate surface area is 147 Å². The van der Waals surface area contributed by atoms with Crippen molar-refractivity contribution in [3.05, 3.63) is 70.5 Å². The third kappa shape index (κ3) is 3.31. The Morgan fingerprint density at radius 1 is 1.08 bits per heavy atom. The molecule has 0 fully saturated rings. The van der Waals surface area contributed by atoms with Crippen molar-refractivity contribution in [2.24, 2.45) is 0 Å². The molecule has 0 aliphatic heterocycles. The molecule has 0 radical (unpaired) electrons. The first-order valence-corrected chi connectivity index (χ1v) is 8.67. The first-order valence-electron chi connectivity index (χ1n) is 8.29. The largest absolute Gasteiger partial charge is 0.313 e. The predicted molar refractivity (Wildman–Crippen MR) is 101 cm³/mol. The van der Waals surface area contributed by atoms with Gasteiger partial charge in [0.15, 0.2) is 0 Å². The maximum Gasteiger partial charge on any atom is 0.141 e. The van der Waals surface area contributed by atoms with Crippen LogP contribution >= 0.6 is 11.6 Å². The van der Waals surface area contributed by atoms with Crippen molar-refractivity contribution in [2.45, 2.75) is 26.8 Å². The van der Waals surface area contributed by atoms with Gasteiger partial charge in [-0.05, 0) is 71.1 Å². The van der Waals surface area contributed by atoms with Gasteiger partial charge >= 0.3 is 0 Å². The minimum absolute atomic E-state index is 0.158. The number of hydrogen-bond acceptors (Lipinski definition) is 1. The van der Waals surface area contributed by atoms with Crippen molar-refractivity contribution in [3.63, 3.8) is 0 Å². The molecule has 1 N–H and O–H groups in total. The highest BCUT2D eigenvalue weighted by molar-refractivity contribution is 6.31. The van der Waals surface area contributed by atoms with Crippen molar-refractivity contribution in [3.8, 4) is 11.1 Å². The van der Waals surface area contributed by atoms with Gasteiger partial charge in [-0.15, -0.1) is 0 Å². The molecule has 0 atom stereocenters. The molecular formula is C21H21ClFN. The average Bonchev–Trinajstić information content (AvgIpc) is 2.58. The summed E-state index contributed by atoms with van der Waals surface area (Å²) in [6.45, 7) is 6.10. The van der Waals surface area contributed by atoms with Gasteiger partial charge in [-0.2, -0.15) is 0 Å². The molecule has 0 heterocycles. The fourth-order valence-corrected chi connectivity index (χ4v) is 3.30. The zero-order valence-electron chi connectivity index (χ0n) is 14.0. The average molecular weight is 342 g/mol. The highest BCUT2D eigenvalue weighted by Crippen LogP contribution is 2.35. The number of nitrogens with one attached hydrogen (secondary N) is 1. The van der Waals surface area contributed by atoms with E-state index in [9.17, 15) is 4.39 Å². The maximum absolute atomic E-state index is 13.6. The van der Waals surface area contributed by atoms with Gasteiger partial charge in [0.25, 0.3) is 0 Å². The summed E-state index contributed by atoms with van der Waals surface area (Å²) in [5, 5.41) is 5.98. The Hall–Kier alpha value is -1.90. The zero-order chi connectivity index (χ0) is 17.1. The molecule has 0 aliphatic rings. The lowest BCUT2D eigenvalue weighted by atomic mass is 9.90. The van der Waals surface area contributed by atoms with E-state index in [4.69, 9.17) is 11.6 Å². The summed E-state index contributed by atoms with van der Waals surface area (Å²) < 4.78 is 13.6. The molecule has 3 heteroatoms. The van der Waals surface area contributed by atoms with Crippen LogP contribution in [0, 0.1) is 12.7 Å². The topological polar surface area (TPSA) is 12.0 Å². The van der Waals surface area contributed by atoms with Gasteiger partial charge in [0.05, 0.1) is 5.02 Å². The third-order valence-corrected chi connectivity index (χ3v) is 4.66. The van der Waals surface area contributed by atoms with Crippen LogP contribution in [-0.2, 0) is 6.54 Å². The molecule has 0 saturated heterocycles. The maximum atomic E-state index is 13.6. The highest BCUT2D eigenvalue weighted by Gasteiger charge is 2.13. The van der Waals surface area contributed by atoms with E-state index >= 15 is 0 Å². The SMILES string of the molecule is CCCNCc1cc2ccccc2c(-c2ccc(F)c(Cl)c2)c1C. The number of halogens is 2. The second-order valence-corrected chi connectivity index (χ2v) is 6.47. The molecular weight excluding hydrogens is 321 g/mol. The van der Waals surface area contributed by atoms with E-state index in [2.05, 4.69) is 37.4 Å². The molecule has 0 spiro atoms. The van der Waals surface area contributed by atoms with E-state index in [0.29, 0.717) is 0 Å².